The third kappa shape index (κ3) is 5.10. The van der Waals surface area contributed by atoms with E-state index >= 15 is 0 Å². The molecule has 0 fully saturated rings. The van der Waals surface area contributed by atoms with E-state index in [9.17, 15) is 4.79 Å². The molecule has 1 aromatic carbocycles. The van der Waals surface area contributed by atoms with Crippen LogP contribution < -0.4 is 0 Å². The molecule has 0 aliphatic carbocycles. The predicted octanol–water partition coefficient (Wildman–Crippen LogP) is 5.93. The predicted molar refractivity (Wildman–Crippen MR) is 127 cm³/mol. The van der Waals surface area contributed by atoms with E-state index in [0.29, 0.717) is 5.69 Å². The van der Waals surface area contributed by atoms with Crippen LogP contribution in [-0.4, -0.2) is 35.5 Å². The Morgan fingerprint density at radius 2 is 1.90 bits per heavy atom. The molecule has 0 bridgehead atoms. The molecule has 3 aromatic rings. The van der Waals surface area contributed by atoms with Crippen LogP contribution in [-0.2, 0) is 15.7 Å². The fourth-order valence-electron chi connectivity index (χ4n) is 3.54. The Balaban J connectivity index is 1.79. The highest BCUT2D eigenvalue weighted by atomic mass is 28.4. The summed E-state index contributed by atoms with van der Waals surface area (Å²) < 4.78 is 15.8. The molecule has 0 radical (unpaired) electrons. The number of hydrogen-bond donors (Lipinski definition) is 0. The number of rotatable bonds is 8. The van der Waals surface area contributed by atoms with Gasteiger partial charge in [-0.3, -0.25) is 0 Å². The van der Waals surface area contributed by atoms with Gasteiger partial charge in [0.15, 0.2) is 14.0 Å². The largest absolute Gasteiger partial charge is 0.464 e. The van der Waals surface area contributed by atoms with E-state index in [1.807, 2.05) is 4.57 Å². The summed E-state index contributed by atoms with van der Waals surface area (Å²) in [5.41, 5.74) is 2.86. The van der Waals surface area contributed by atoms with Crippen molar-refractivity contribution in [1.29, 1.82) is 0 Å². The van der Waals surface area contributed by atoms with Crippen LogP contribution in [0.3, 0.4) is 0 Å². The van der Waals surface area contributed by atoms with Crippen molar-refractivity contribution in [1.82, 2.24) is 14.1 Å². The topological polar surface area (TPSA) is 58.3 Å². The Bertz CT molecular complexity index is 1050. The minimum Gasteiger partial charge on any atom is -0.464 e. The molecule has 0 spiro atoms. The Morgan fingerprint density at radius 1 is 1.19 bits per heavy atom. The zero-order valence-corrected chi connectivity index (χ0v) is 20.8. The molecule has 0 N–H and O–H groups in total. The molecule has 7 heteroatoms. The SMILES string of the molecule is COC(=O)c1cn([C@@H](CCCn2cc(C)c3ccccc32)O[Si](C)(C)C(C)(C)C)cn1. The maximum atomic E-state index is 11.9. The van der Waals surface area contributed by atoms with E-state index in [0.717, 1.165) is 19.4 Å². The number of benzene rings is 1. The minimum atomic E-state index is -2.02. The maximum absolute atomic E-state index is 11.9. The molecule has 2 aromatic heterocycles. The molecule has 2 heterocycles. The maximum Gasteiger partial charge on any atom is 0.358 e. The highest BCUT2D eigenvalue weighted by molar-refractivity contribution is 6.74. The van der Waals surface area contributed by atoms with Crippen molar-refractivity contribution in [3.8, 4) is 0 Å². The minimum absolute atomic E-state index is 0.0880. The van der Waals surface area contributed by atoms with Gasteiger partial charge in [0.1, 0.15) is 6.23 Å². The van der Waals surface area contributed by atoms with Gasteiger partial charge in [-0.1, -0.05) is 39.0 Å². The number of imidazole rings is 1. The summed E-state index contributed by atoms with van der Waals surface area (Å²) in [6.45, 7) is 14.3. The highest BCUT2D eigenvalue weighted by Crippen LogP contribution is 2.39. The first-order valence-electron chi connectivity index (χ1n) is 10.9. The second-order valence-corrected chi connectivity index (χ2v) is 14.5. The molecule has 168 valence electrons. The molecule has 0 amide bonds. The second-order valence-electron chi connectivity index (χ2n) is 9.70. The summed E-state index contributed by atoms with van der Waals surface area (Å²) in [4.78, 5) is 16.1. The Labute approximate surface area is 186 Å². The monoisotopic (exact) mass is 441 g/mol. The van der Waals surface area contributed by atoms with Gasteiger partial charge in [0.2, 0.25) is 0 Å². The number of hydrogen-bond acceptors (Lipinski definition) is 4. The van der Waals surface area contributed by atoms with Gasteiger partial charge in [0.05, 0.1) is 13.4 Å². The number of aryl methyl sites for hydroxylation is 2. The van der Waals surface area contributed by atoms with E-state index in [-0.39, 0.29) is 11.3 Å². The summed E-state index contributed by atoms with van der Waals surface area (Å²) in [6, 6.07) is 8.51. The van der Waals surface area contributed by atoms with Crippen molar-refractivity contribution in [3.05, 3.63) is 54.2 Å². The molecule has 6 nitrogen and oxygen atoms in total. The van der Waals surface area contributed by atoms with Gasteiger partial charge in [-0.15, -0.1) is 0 Å². The lowest BCUT2D eigenvalue weighted by Gasteiger charge is -2.39. The van der Waals surface area contributed by atoms with E-state index in [2.05, 4.69) is 80.8 Å². The van der Waals surface area contributed by atoms with Crippen LogP contribution in [0, 0.1) is 6.92 Å². The van der Waals surface area contributed by atoms with Crippen LogP contribution in [0.5, 0.6) is 0 Å². The molecular weight excluding hydrogens is 406 g/mol. The lowest BCUT2D eigenvalue weighted by Crippen LogP contribution is -2.42. The molecule has 3 rings (SSSR count). The lowest BCUT2D eigenvalue weighted by atomic mass is 10.2. The first-order chi connectivity index (χ1) is 14.5. The van der Waals surface area contributed by atoms with Crippen LogP contribution in [0.25, 0.3) is 10.9 Å². The van der Waals surface area contributed by atoms with E-state index in [1.54, 1.807) is 12.5 Å². The zero-order valence-electron chi connectivity index (χ0n) is 19.8. The number of ether oxygens (including phenoxy) is 1. The van der Waals surface area contributed by atoms with Gasteiger partial charge in [-0.25, -0.2) is 9.78 Å². The Hall–Kier alpha value is -2.38. The summed E-state index contributed by atoms with van der Waals surface area (Å²) in [5.74, 6) is -0.431. The van der Waals surface area contributed by atoms with E-state index in [4.69, 9.17) is 9.16 Å². The van der Waals surface area contributed by atoms with Crippen molar-refractivity contribution >= 4 is 25.2 Å². The number of carbonyl (C=O) groups is 1. The van der Waals surface area contributed by atoms with Crippen molar-refractivity contribution < 1.29 is 14.0 Å². The standard InChI is InChI=1S/C24H35N3O3Si/c1-18-15-26(21-12-9-8-11-19(18)21)14-10-13-22(30-31(6,7)24(2,3)4)27-16-20(25-17-27)23(28)29-5/h8-9,11-12,15-17,22H,10,13-14H2,1-7H3/t22-/m1/s1. The zero-order chi connectivity index (χ0) is 22.8. The quantitative estimate of drug-likeness (QED) is 0.321. The average molecular weight is 442 g/mol. The smallest absolute Gasteiger partial charge is 0.358 e. The number of fused-ring (bicyclic) bond motifs is 1. The number of nitrogens with zero attached hydrogens (tertiary/aromatic N) is 3. The molecular formula is C24H35N3O3Si. The van der Waals surface area contributed by atoms with Gasteiger partial charge in [-0.2, -0.15) is 0 Å². The van der Waals surface area contributed by atoms with Gasteiger partial charge in [-0.05, 0) is 49.5 Å². The molecule has 0 aliphatic heterocycles. The van der Waals surface area contributed by atoms with Gasteiger partial charge >= 0.3 is 5.97 Å². The number of carbonyl (C=O) groups excluding carboxylic acids is 1. The van der Waals surface area contributed by atoms with E-state index in [1.165, 1.54) is 23.6 Å². The number of methoxy groups -OCH3 is 1. The number of esters is 1. The van der Waals surface area contributed by atoms with Crippen LogP contribution in [0.15, 0.2) is 43.0 Å². The summed E-state index contributed by atoms with van der Waals surface area (Å²) in [6.07, 6.45) is 7.24. The van der Waals surface area contributed by atoms with Gasteiger partial charge in [0.25, 0.3) is 0 Å². The van der Waals surface area contributed by atoms with Crippen LogP contribution in [0.1, 0.15) is 55.9 Å². The Kier molecular flexibility index (Phi) is 6.76. The van der Waals surface area contributed by atoms with Crippen molar-refractivity contribution in [3.63, 3.8) is 0 Å². The normalized spacial score (nSPS) is 13.5. The van der Waals surface area contributed by atoms with Gasteiger partial charge < -0.3 is 18.3 Å². The second kappa shape index (κ2) is 9.00. The third-order valence-electron chi connectivity index (χ3n) is 6.40. The van der Waals surface area contributed by atoms with Crippen molar-refractivity contribution in [2.75, 3.05) is 7.11 Å². The first-order valence-corrected chi connectivity index (χ1v) is 13.8. The highest BCUT2D eigenvalue weighted by Gasteiger charge is 2.39. The summed E-state index contributed by atoms with van der Waals surface area (Å²) in [5, 5.41) is 1.39. The van der Waals surface area contributed by atoms with Crippen LogP contribution in [0.4, 0.5) is 0 Å². The lowest BCUT2D eigenvalue weighted by molar-refractivity contribution is 0.0593. The fraction of sp³-hybridized carbons (Fsp3) is 0.500. The summed E-state index contributed by atoms with van der Waals surface area (Å²) in [7, 11) is -0.648. The van der Waals surface area contributed by atoms with Crippen LogP contribution >= 0.6 is 0 Å². The van der Waals surface area contributed by atoms with Crippen LogP contribution in [0.2, 0.25) is 18.1 Å². The van der Waals surface area contributed by atoms with Crippen molar-refractivity contribution in [2.45, 2.75) is 71.4 Å². The summed E-state index contributed by atoms with van der Waals surface area (Å²) >= 11 is 0. The fourth-order valence-corrected chi connectivity index (χ4v) is 4.81. The Morgan fingerprint density at radius 3 is 2.58 bits per heavy atom. The van der Waals surface area contributed by atoms with E-state index < -0.39 is 14.3 Å². The molecule has 1 atom stereocenters. The molecule has 31 heavy (non-hydrogen) atoms. The van der Waals surface area contributed by atoms with Gasteiger partial charge in [0, 0.05) is 29.8 Å². The molecule has 0 saturated heterocycles. The third-order valence-corrected chi connectivity index (χ3v) is 10.9. The van der Waals surface area contributed by atoms with Crippen molar-refractivity contribution in [2.24, 2.45) is 0 Å². The molecule has 0 unspecified atom stereocenters. The average Bonchev–Trinajstić information content (AvgIpc) is 3.32. The molecule has 0 saturated carbocycles. The number of para-hydroxylation sites is 1. The number of aromatic nitrogens is 3. The molecule has 0 aliphatic rings. The first kappa shape index (κ1) is 23.3.